The van der Waals surface area contributed by atoms with Crippen molar-refractivity contribution in [2.45, 2.75) is 38.6 Å². The second-order valence-electron chi connectivity index (χ2n) is 8.09. The first-order chi connectivity index (χ1) is 14.5. The molecule has 30 heavy (non-hydrogen) atoms. The Bertz CT molecular complexity index is 1080. The Kier molecular flexibility index (Phi) is 5.84. The van der Waals surface area contributed by atoms with Gasteiger partial charge in [-0.25, -0.2) is 9.48 Å². The zero-order valence-corrected chi connectivity index (χ0v) is 17.6. The third-order valence-electron chi connectivity index (χ3n) is 5.92. The highest BCUT2D eigenvalue weighted by atomic mass is 16.2. The van der Waals surface area contributed by atoms with Crippen molar-refractivity contribution >= 4 is 5.91 Å². The molecule has 1 aliphatic heterocycles. The van der Waals surface area contributed by atoms with E-state index in [0.29, 0.717) is 19.6 Å². The van der Waals surface area contributed by atoms with Crippen LogP contribution in [0.15, 0.2) is 59.4 Å². The number of aromatic nitrogens is 3. The van der Waals surface area contributed by atoms with Crippen molar-refractivity contribution in [3.63, 3.8) is 0 Å². The van der Waals surface area contributed by atoms with Crippen molar-refractivity contribution in [1.82, 2.24) is 19.2 Å². The maximum atomic E-state index is 12.8. The summed E-state index contributed by atoms with van der Waals surface area (Å²) in [6, 6.07) is 17.9. The molecule has 0 radical (unpaired) electrons. The first-order valence-corrected chi connectivity index (χ1v) is 10.6. The van der Waals surface area contributed by atoms with E-state index < -0.39 is 0 Å². The van der Waals surface area contributed by atoms with Crippen molar-refractivity contribution in [3.05, 3.63) is 87.6 Å². The number of aryl methyl sites for hydroxylation is 3. The fourth-order valence-corrected chi connectivity index (χ4v) is 4.22. The van der Waals surface area contributed by atoms with E-state index in [1.165, 1.54) is 10.2 Å². The highest BCUT2D eigenvalue weighted by Gasteiger charge is 2.28. The predicted octanol–water partition coefficient (Wildman–Crippen LogP) is 3.15. The minimum Gasteiger partial charge on any atom is -0.339 e. The molecule has 1 saturated heterocycles. The summed E-state index contributed by atoms with van der Waals surface area (Å²) in [6.07, 6.45) is 2.43. The van der Waals surface area contributed by atoms with Crippen LogP contribution in [0, 0.1) is 6.92 Å². The molecule has 0 atom stereocenters. The summed E-state index contributed by atoms with van der Waals surface area (Å²) in [4.78, 5) is 27.4. The van der Waals surface area contributed by atoms with E-state index in [0.717, 1.165) is 36.2 Å². The van der Waals surface area contributed by atoms with Gasteiger partial charge in [-0.05, 0) is 43.9 Å². The van der Waals surface area contributed by atoms with Crippen LogP contribution in [-0.2, 0) is 20.0 Å². The van der Waals surface area contributed by atoms with Gasteiger partial charge in [-0.15, -0.1) is 0 Å². The van der Waals surface area contributed by atoms with Crippen molar-refractivity contribution in [1.29, 1.82) is 0 Å². The minimum atomic E-state index is -0.0702. The van der Waals surface area contributed by atoms with Gasteiger partial charge in [0.15, 0.2) is 0 Å². The van der Waals surface area contributed by atoms with Crippen LogP contribution < -0.4 is 5.69 Å². The number of piperidine rings is 1. The summed E-state index contributed by atoms with van der Waals surface area (Å²) in [5.41, 5.74) is 2.97. The number of hydrogen-bond acceptors (Lipinski definition) is 3. The highest BCUT2D eigenvalue weighted by Crippen LogP contribution is 2.27. The summed E-state index contributed by atoms with van der Waals surface area (Å²) in [6.45, 7) is 3.98. The van der Waals surface area contributed by atoms with Gasteiger partial charge in [-0.1, -0.05) is 48.0 Å². The Morgan fingerprint density at radius 1 is 1.07 bits per heavy atom. The van der Waals surface area contributed by atoms with Crippen LogP contribution in [0.2, 0.25) is 0 Å². The van der Waals surface area contributed by atoms with Gasteiger partial charge in [0.25, 0.3) is 5.91 Å². The maximum absolute atomic E-state index is 12.8. The summed E-state index contributed by atoms with van der Waals surface area (Å²) in [7, 11) is 1.71. The summed E-state index contributed by atoms with van der Waals surface area (Å²) < 4.78 is 3.25. The van der Waals surface area contributed by atoms with E-state index in [-0.39, 0.29) is 17.5 Å². The zero-order chi connectivity index (χ0) is 21.1. The third-order valence-corrected chi connectivity index (χ3v) is 5.92. The van der Waals surface area contributed by atoms with Gasteiger partial charge in [0.1, 0.15) is 5.82 Å². The van der Waals surface area contributed by atoms with Crippen LogP contribution in [0.25, 0.3) is 0 Å². The Morgan fingerprint density at radius 3 is 2.50 bits per heavy atom. The molecule has 156 valence electrons. The molecule has 6 nitrogen and oxygen atoms in total. The second-order valence-corrected chi connectivity index (χ2v) is 8.09. The quantitative estimate of drug-likeness (QED) is 0.656. The van der Waals surface area contributed by atoms with Crippen LogP contribution in [0.3, 0.4) is 0 Å². The summed E-state index contributed by atoms with van der Waals surface area (Å²) >= 11 is 0. The smallest absolute Gasteiger partial charge is 0.339 e. The molecule has 2 aromatic carbocycles. The van der Waals surface area contributed by atoms with E-state index in [1.54, 1.807) is 7.05 Å². The molecule has 1 fully saturated rings. The van der Waals surface area contributed by atoms with E-state index in [4.69, 9.17) is 0 Å². The van der Waals surface area contributed by atoms with Gasteiger partial charge < -0.3 is 4.90 Å². The van der Waals surface area contributed by atoms with Crippen LogP contribution >= 0.6 is 0 Å². The van der Waals surface area contributed by atoms with Crippen molar-refractivity contribution in [2.24, 2.45) is 7.05 Å². The molecular weight excluding hydrogens is 376 g/mol. The number of rotatable bonds is 5. The predicted molar refractivity (Wildman–Crippen MR) is 117 cm³/mol. The van der Waals surface area contributed by atoms with Crippen molar-refractivity contribution in [3.8, 4) is 0 Å². The molecule has 0 unspecified atom stereocenters. The Morgan fingerprint density at radius 2 is 1.80 bits per heavy atom. The van der Waals surface area contributed by atoms with Crippen LogP contribution in [0.5, 0.6) is 0 Å². The lowest BCUT2D eigenvalue weighted by Gasteiger charge is -2.31. The molecule has 0 N–H and O–H groups in total. The Balaban J connectivity index is 1.45. The van der Waals surface area contributed by atoms with Gasteiger partial charge in [0.05, 0.1) is 0 Å². The minimum absolute atomic E-state index is 0.0702. The standard InChI is InChI=1S/C24H28N4O2/c1-18-7-6-10-21(17-18)23(29)27-14-12-20(13-15-27)22-25-26(2)24(30)28(22)16-11-19-8-4-3-5-9-19/h3-10,17,20H,11-16H2,1-2H3. The largest absolute Gasteiger partial charge is 0.345 e. The van der Waals surface area contributed by atoms with Gasteiger partial charge >= 0.3 is 5.69 Å². The first-order valence-electron chi connectivity index (χ1n) is 10.6. The molecule has 1 amide bonds. The van der Waals surface area contributed by atoms with Gasteiger partial charge in [0.2, 0.25) is 0 Å². The van der Waals surface area contributed by atoms with E-state index in [2.05, 4.69) is 17.2 Å². The van der Waals surface area contributed by atoms with Crippen LogP contribution in [0.4, 0.5) is 0 Å². The SMILES string of the molecule is Cc1cccc(C(=O)N2CCC(c3nn(C)c(=O)n3CCc3ccccc3)CC2)c1. The number of amides is 1. The number of carbonyl (C=O) groups is 1. The average Bonchev–Trinajstić information content (AvgIpc) is 3.06. The van der Waals surface area contributed by atoms with E-state index in [1.807, 2.05) is 58.9 Å². The van der Waals surface area contributed by atoms with Crippen LogP contribution in [-0.4, -0.2) is 38.2 Å². The van der Waals surface area contributed by atoms with Gasteiger partial charge in [-0.2, -0.15) is 5.10 Å². The monoisotopic (exact) mass is 404 g/mol. The van der Waals surface area contributed by atoms with Gasteiger partial charge in [0, 0.05) is 38.2 Å². The fourth-order valence-electron chi connectivity index (χ4n) is 4.22. The Labute approximate surface area is 176 Å². The maximum Gasteiger partial charge on any atom is 0.345 e. The topological polar surface area (TPSA) is 60.1 Å². The van der Waals surface area contributed by atoms with Crippen molar-refractivity contribution < 1.29 is 4.79 Å². The normalized spacial score (nSPS) is 14.8. The Hall–Kier alpha value is -3.15. The molecule has 0 aliphatic carbocycles. The number of benzene rings is 2. The highest BCUT2D eigenvalue weighted by molar-refractivity contribution is 5.94. The van der Waals surface area contributed by atoms with E-state index in [9.17, 15) is 9.59 Å². The molecule has 0 bridgehead atoms. The molecule has 1 aliphatic rings. The third kappa shape index (κ3) is 4.22. The first kappa shape index (κ1) is 20.1. The molecule has 1 aromatic heterocycles. The fraction of sp³-hybridized carbons (Fsp3) is 0.375. The molecule has 3 aromatic rings. The molecule has 6 heteroatoms. The second kappa shape index (κ2) is 8.69. The lowest BCUT2D eigenvalue weighted by molar-refractivity contribution is 0.0710. The van der Waals surface area contributed by atoms with E-state index >= 15 is 0 Å². The average molecular weight is 405 g/mol. The molecule has 2 heterocycles. The number of hydrogen-bond donors (Lipinski definition) is 0. The number of nitrogens with zero attached hydrogens (tertiary/aromatic N) is 4. The number of carbonyl (C=O) groups excluding carboxylic acids is 1. The molecule has 0 spiro atoms. The lowest BCUT2D eigenvalue weighted by Crippen LogP contribution is -2.38. The van der Waals surface area contributed by atoms with Gasteiger partial charge in [-0.3, -0.25) is 9.36 Å². The lowest BCUT2D eigenvalue weighted by atomic mass is 9.95. The number of likely N-dealkylation sites (tertiary alicyclic amines) is 1. The molecule has 0 saturated carbocycles. The molecule has 4 rings (SSSR count). The van der Waals surface area contributed by atoms with Crippen molar-refractivity contribution in [2.75, 3.05) is 13.1 Å². The summed E-state index contributed by atoms with van der Waals surface area (Å²) in [5, 5.41) is 4.55. The summed E-state index contributed by atoms with van der Waals surface area (Å²) in [5.74, 6) is 1.12. The molecular formula is C24H28N4O2. The van der Waals surface area contributed by atoms with Crippen LogP contribution in [0.1, 0.15) is 46.1 Å². The zero-order valence-electron chi connectivity index (χ0n) is 17.6.